The van der Waals surface area contributed by atoms with Crippen LogP contribution >= 0.6 is 11.8 Å². The van der Waals surface area contributed by atoms with Gasteiger partial charge in [0.15, 0.2) is 5.16 Å². The molecule has 0 aliphatic carbocycles. The first-order valence-electron chi connectivity index (χ1n) is 4.17. The van der Waals surface area contributed by atoms with Gasteiger partial charge in [0.05, 0.1) is 6.61 Å². The van der Waals surface area contributed by atoms with Crippen LogP contribution in [0.2, 0.25) is 0 Å². The summed E-state index contributed by atoms with van der Waals surface area (Å²) in [7, 11) is 1.66. The SMILES string of the molecule is COCCNc1cc(N)nc(SC)n1. The van der Waals surface area contributed by atoms with Gasteiger partial charge in [-0.3, -0.25) is 0 Å². The third-order valence-electron chi connectivity index (χ3n) is 1.52. The molecule has 0 aromatic carbocycles. The van der Waals surface area contributed by atoms with Crippen LogP contribution in [0.25, 0.3) is 0 Å². The van der Waals surface area contributed by atoms with Crippen molar-refractivity contribution in [1.82, 2.24) is 9.97 Å². The summed E-state index contributed by atoms with van der Waals surface area (Å²) in [4.78, 5) is 8.27. The van der Waals surface area contributed by atoms with Crippen molar-refractivity contribution in [2.45, 2.75) is 5.16 Å². The molecule has 0 fully saturated rings. The molecule has 0 amide bonds. The fourth-order valence-corrected chi connectivity index (χ4v) is 1.29. The summed E-state index contributed by atoms with van der Waals surface area (Å²) < 4.78 is 4.91. The highest BCUT2D eigenvalue weighted by molar-refractivity contribution is 7.98. The molecule has 0 spiro atoms. The van der Waals surface area contributed by atoms with E-state index in [1.165, 1.54) is 11.8 Å². The fourth-order valence-electron chi connectivity index (χ4n) is 0.906. The lowest BCUT2D eigenvalue weighted by Crippen LogP contribution is -2.10. The third kappa shape index (κ3) is 3.39. The number of nitrogens with two attached hydrogens (primary N) is 1. The molecular weight excluding hydrogens is 200 g/mol. The highest BCUT2D eigenvalue weighted by Gasteiger charge is 2.00. The van der Waals surface area contributed by atoms with Gasteiger partial charge < -0.3 is 15.8 Å². The Kier molecular flexibility index (Phi) is 4.48. The second-order valence-electron chi connectivity index (χ2n) is 2.58. The maximum absolute atomic E-state index is 5.60. The monoisotopic (exact) mass is 214 g/mol. The van der Waals surface area contributed by atoms with Crippen LogP contribution in [-0.4, -0.2) is 36.5 Å². The molecule has 0 saturated carbocycles. The molecular formula is C8H14N4OS. The van der Waals surface area contributed by atoms with E-state index in [9.17, 15) is 0 Å². The number of methoxy groups -OCH3 is 1. The van der Waals surface area contributed by atoms with Gasteiger partial charge >= 0.3 is 0 Å². The van der Waals surface area contributed by atoms with Crippen molar-refractivity contribution < 1.29 is 4.74 Å². The minimum atomic E-state index is 0.476. The molecule has 0 bridgehead atoms. The predicted octanol–water partition coefficient (Wildman–Crippen LogP) is 0.839. The van der Waals surface area contributed by atoms with Gasteiger partial charge in [0.2, 0.25) is 0 Å². The first kappa shape index (κ1) is 11.1. The molecule has 0 aliphatic rings. The molecule has 1 rings (SSSR count). The highest BCUT2D eigenvalue weighted by atomic mass is 32.2. The summed E-state index contributed by atoms with van der Waals surface area (Å²) in [5.41, 5.74) is 5.60. The number of rotatable bonds is 5. The number of hydrogen-bond acceptors (Lipinski definition) is 6. The lowest BCUT2D eigenvalue weighted by molar-refractivity contribution is 0.210. The summed E-state index contributed by atoms with van der Waals surface area (Å²) in [6.07, 6.45) is 1.91. The van der Waals surface area contributed by atoms with Crippen LogP contribution in [0, 0.1) is 0 Å². The van der Waals surface area contributed by atoms with Gasteiger partial charge in [0.1, 0.15) is 11.6 Å². The van der Waals surface area contributed by atoms with E-state index < -0.39 is 0 Å². The maximum Gasteiger partial charge on any atom is 0.191 e. The molecule has 1 heterocycles. The van der Waals surface area contributed by atoms with Crippen LogP contribution in [0.1, 0.15) is 0 Å². The van der Waals surface area contributed by atoms with E-state index in [1.807, 2.05) is 6.26 Å². The zero-order valence-electron chi connectivity index (χ0n) is 8.28. The van der Waals surface area contributed by atoms with Gasteiger partial charge in [-0.1, -0.05) is 11.8 Å². The molecule has 0 unspecified atom stereocenters. The average molecular weight is 214 g/mol. The second kappa shape index (κ2) is 5.66. The van der Waals surface area contributed by atoms with Crippen molar-refractivity contribution in [3.63, 3.8) is 0 Å². The molecule has 3 N–H and O–H groups in total. The first-order chi connectivity index (χ1) is 6.76. The van der Waals surface area contributed by atoms with Gasteiger partial charge in [-0.2, -0.15) is 0 Å². The van der Waals surface area contributed by atoms with E-state index in [2.05, 4.69) is 15.3 Å². The maximum atomic E-state index is 5.60. The molecule has 1 aromatic heterocycles. The normalized spacial score (nSPS) is 10.1. The van der Waals surface area contributed by atoms with E-state index in [-0.39, 0.29) is 0 Å². The number of hydrogen-bond donors (Lipinski definition) is 2. The Morgan fingerprint density at radius 1 is 1.57 bits per heavy atom. The smallest absolute Gasteiger partial charge is 0.191 e. The Morgan fingerprint density at radius 2 is 2.36 bits per heavy atom. The van der Waals surface area contributed by atoms with E-state index >= 15 is 0 Å². The number of aromatic nitrogens is 2. The zero-order chi connectivity index (χ0) is 10.4. The summed E-state index contributed by atoms with van der Waals surface area (Å²) in [5.74, 6) is 1.21. The standard InChI is InChI=1S/C8H14N4OS/c1-13-4-3-10-7-5-6(9)11-8(12-7)14-2/h5H,3-4H2,1-2H3,(H3,9,10,11,12). The number of nitrogens with zero attached hydrogens (tertiary/aromatic N) is 2. The van der Waals surface area contributed by atoms with Gasteiger partial charge in [0, 0.05) is 19.7 Å². The molecule has 0 radical (unpaired) electrons. The molecule has 0 aliphatic heterocycles. The molecule has 1 aromatic rings. The molecule has 0 atom stereocenters. The topological polar surface area (TPSA) is 73.1 Å². The Balaban J connectivity index is 2.62. The quantitative estimate of drug-likeness (QED) is 0.430. The number of ether oxygens (including phenoxy) is 1. The molecule has 5 nitrogen and oxygen atoms in total. The van der Waals surface area contributed by atoms with Crippen LogP contribution in [-0.2, 0) is 4.74 Å². The number of nitrogen functional groups attached to an aromatic ring is 1. The van der Waals surface area contributed by atoms with Crippen LogP contribution in [0.15, 0.2) is 11.2 Å². The van der Waals surface area contributed by atoms with Crippen molar-refractivity contribution in [1.29, 1.82) is 0 Å². The van der Waals surface area contributed by atoms with E-state index in [0.717, 1.165) is 5.82 Å². The van der Waals surface area contributed by atoms with E-state index in [0.29, 0.717) is 24.1 Å². The summed E-state index contributed by atoms with van der Waals surface area (Å²) in [6.45, 7) is 1.35. The van der Waals surface area contributed by atoms with Crippen molar-refractivity contribution in [3.8, 4) is 0 Å². The second-order valence-corrected chi connectivity index (χ2v) is 3.36. The largest absolute Gasteiger partial charge is 0.383 e. The summed E-state index contributed by atoms with van der Waals surface area (Å²) >= 11 is 1.46. The average Bonchev–Trinajstić information content (AvgIpc) is 2.17. The predicted molar refractivity (Wildman–Crippen MR) is 58.6 cm³/mol. The van der Waals surface area contributed by atoms with Crippen LogP contribution in [0.4, 0.5) is 11.6 Å². The molecule has 78 valence electrons. The third-order valence-corrected chi connectivity index (χ3v) is 2.07. The molecule has 6 heteroatoms. The van der Waals surface area contributed by atoms with E-state index in [1.54, 1.807) is 13.2 Å². The fraction of sp³-hybridized carbons (Fsp3) is 0.500. The molecule has 0 saturated heterocycles. The van der Waals surface area contributed by atoms with Crippen LogP contribution in [0.5, 0.6) is 0 Å². The summed E-state index contributed by atoms with van der Waals surface area (Å²) in [5, 5.41) is 3.76. The van der Waals surface area contributed by atoms with E-state index in [4.69, 9.17) is 10.5 Å². The minimum absolute atomic E-state index is 0.476. The minimum Gasteiger partial charge on any atom is -0.383 e. The van der Waals surface area contributed by atoms with Crippen molar-refractivity contribution in [2.75, 3.05) is 37.6 Å². The van der Waals surface area contributed by atoms with Gasteiger partial charge in [-0.05, 0) is 6.26 Å². The highest BCUT2D eigenvalue weighted by Crippen LogP contribution is 2.14. The van der Waals surface area contributed by atoms with Gasteiger partial charge in [-0.15, -0.1) is 0 Å². The van der Waals surface area contributed by atoms with Crippen molar-refractivity contribution in [2.24, 2.45) is 0 Å². The number of thioether (sulfide) groups is 1. The number of anilines is 2. The summed E-state index contributed by atoms with van der Waals surface area (Å²) in [6, 6.07) is 1.70. The van der Waals surface area contributed by atoms with Crippen LogP contribution < -0.4 is 11.1 Å². The van der Waals surface area contributed by atoms with Crippen molar-refractivity contribution >= 4 is 23.4 Å². The Morgan fingerprint density at radius 3 is 3.00 bits per heavy atom. The Labute approximate surface area is 87.5 Å². The van der Waals surface area contributed by atoms with Gasteiger partial charge in [-0.25, -0.2) is 9.97 Å². The first-order valence-corrected chi connectivity index (χ1v) is 5.40. The number of nitrogens with one attached hydrogen (secondary N) is 1. The Hall–Kier alpha value is -1.01. The lowest BCUT2D eigenvalue weighted by Gasteiger charge is -2.06. The lowest BCUT2D eigenvalue weighted by atomic mass is 10.5. The van der Waals surface area contributed by atoms with Crippen LogP contribution in [0.3, 0.4) is 0 Å². The van der Waals surface area contributed by atoms with Gasteiger partial charge in [0.25, 0.3) is 0 Å². The molecule has 14 heavy (non-hydrogen) atoms. The Bertz CT molecular complexity index is 295. The van der Waals surface area contributed by atoms with Crippen molar-refractivity contribution in [3.05, 3.63) is 6.07 Å². The zero-order valence-corrected chi connectivity index (χ0v) is 9.10.